The largest absolute Gasteiger partial charge is 0.507 e. The van der Waals surface area contributed by atoms with E-state index >= 15 is 0 Å². The number of hydrogen-bond donors (Lipinski definition) is 3. The minimum atomic E-state index is -0.326. The van der Waals surface area contributed by atoms with Crippen molar-refractivity contribution in [2.75, 3.05) is 6.54 Å². The Kier molecular flexibility index (Phi) is 4.17. The number of nitrogens with one attached hydrogen (secondary N) is 1. The smallest absolute Gasteiger partial charge is 0.197 e. The van der Waals surface area contributed by atoms with Crippen LogP contribution in [0, 0.1) is 5.92 Å². The lowest BCUT2D eigenvalue weighted by Gasteiger charge is -2.29. The second-order valence-corrected chi connectivity index (χ2v) is 7.01. The third kappa shape index (κ3) is 2.84. The zero-order valence-corrected chi connectivity index (χ0v) is 14.5. The molecular formula is C21H21NO4. The molecule has 134 valence electrons. The Labute approximate surface area is 150 Å². The van der Waals surface area contributed by atoms with Crippen molar-refractivity contribution in [3.63, 3.8) is 0 Å². The van der Waals surface area contributed by atoms with Crippen LogP contribution in [0.4, 0.5) is 0 Å². The number of phenolic OH excluding ortho intramolecular Hbond substituents is 2. The fraction of sp³-hybridized carbons (Fsp3) is 0.286. The van der Waals surface area contributed by atoms with E-state index in [2.05, 4.69) is 12.2 Å². The number of piperidine rings is 1. The molecular weight excluding hydrogens is 330 g/mol. The number of hydrogen-bond acceptors (Lipinski definition) is 5. The van der Waals surface area contributed by atoms with E-state index in [1.165, 1.54) is 12.1 Å². The van der Waals surface area contributed by atoms with Crippen molar-refractivity contribution in [1.82, 2.24) is 5.32 Å². The summed E-state index contributed by atoms with van der Waals surface area (Å²) in [7, 11) is 0. The Bertz CT molecular complexity index is 1010. The summed E-state index contributed by atoms with van der Waals surface area (Å²) in [4.78, 5) is 12.7. The molecule has 2 heterocycles. The summed E-state index contributed by atoms with van der Waals surface area (Å²) >= 11 is 0. The zero-order valence-electron chi connectivity index (χ0n) is 14.5. The van der Waals surface area contributed by atoms with Crippen molar-refractivity contribution in [3.05, 3.63) is 58.3 Å². The van der Waals surface area contributed by atoms with Gasteiger partial charge < -0.3 is 19.9 Å². The molecule has 5 heteroatoms. The first-order valence-corrected chi connectivity index (χ1v) is 8.86. The molecule has 1 aliphatic heterocycles. The molecule has 0 radical (unpaired) electrons. The van der Waals surface area contributed by atoms with Gasteiger partial charge in [0.05, 0.1) is 5.56 Å². The van der Waals surface area contributed by atoms with Gasteiger partial charge in [0.25, 0.3) is 0 Å². The molecule has 0 unspecified atom stereocenters. The van der Waals surface area contributed by atoms with E-state index in [0.717, 1.165) is 24.9 Å². The molecule has 1 saturated heterocycles. The number of rotatable bonds is 2. The lowest BCUT2D eigenvalue weighted by atomic mass is 9.88. The molecule has 0 saturated carbocycles. The minimum absolute atomic E-state index is 0.0602. The van der Waals surface area contributed by atoms with Gasteiger partial charge in [-0.05, 0) is 25.3 Å². The third-order valence-electron chi connectivity index (χ3n) is 5.08. The molecule has 1 aliphatic rings. The molecule has 2 aromatic carbocycles. The van der Waals surface area contributed by atoms with Gasteiger partial charge in [-0.1, -0.05) is 37.3 Å². The highest BCUT2D eigenvalue weighted by molar-refractivity contribution is 5.88. The van der Waals surface area contributed by atoms with E-state index in [-0.39, 0.29) is 33.9 Å². The number of phenols is 2. The standard InChI is InChI=1S/C21H21NO4/c1-12-7-8-22-14(9-12)19-15(23)11-18-20(21(19)25)16(24)10-17(26-18)13-5-3-2-4-6-13/h2-6,10-12,14,22-23,25H,7-9H2,1H3/t12-,14-/m0/s1. The van der Waals surface area contributed by atoms with Gasteiger partial charge in [-0.15, -0.1) is 0 Å². The second kappa shape index (κ2) is 6.50. The Balaban J connectivity index is 1.88. The van der Waals surface area contributed by atoms with Gasteiger partial charge in [-0.3, -0.25) is 4.79 Å². The van der Waals surface area contributed by atoms with Crippen LogP contribution in [0.2, 0.25) is 0 Å². The number of fused-ring (bicyclic) bond motifs is 1. The first-order chi connectivity index (χ1) is 12.5. The average molecular weight is 351 g/mol. The van der Waals surface area contributed by atoms with Gasteiger partial charge in [-0.25, -0.2) is 0 Å². The minimum Gasteiger partial charge on any atom is -0.507 e. The van der Waals surface area contributed by atoms with Crippen LogP contribution in [0.25, 0.3) is 22.3 Å². The molecule has 0 aliphatic carbocycles. The van der Waals surface area contributed by atoms with Crippen molar-refractivity contribution >= 4 is 11.0 Å². The van der Waals surface area contributed by atoms with E-state index < -0.39 is 0 Å². The van der Waals surface area contributed by atoms with Gasteiger partial charge in [0.1, 0.15) is 28.2 Å². The normalized spacial score (nSPS) is 20.3. The van der Waals surface area contributed by atoms with Crippen LogP contribution < -0.4 is 10.7 Å². The maximum atomic E-state index is 12.7. The topological polar surface area (TPSA) is 82.7 Å². The molecule has 1 fully saturated rings. The Morgan fingerprint density at radius 3 is 2.65 bits per heavy atom. The first-order valence-electron chi connectivity index (χ1n) is 8.86. The van der Waals surface area contributed by atoms with Gasteiger partial charge in [0, 0.05) is 23.7 Å². The van der Waals surface area contributed by atoms with Crippen LogP contribution in [0.5, 0.6) is 11.5 Å². The molecule has 3 N–H and O–H groups in total. The van der Waals surface area contributed by atoms with Gasteiger partial charge >= 0.3 is 0 Å². The number of aromatic hydroxyl groups is 2. The summed E-state index contributed by atoms with van der Waals surface area (Å²) in [6.07, 6.45) is 1.84. The van der Waals surface area contributed by atoms with Crippen molar-refractivity contribution < 1.29 is 14.6 Å². The van der Waals surface area contributed by atoms with Gasteiger partial charge in [0.15, 0.2) is 5.43 Å². The van der Waals surface area contributed by atoms with Crippen molar-refractivity contribution in [2.24, 2.45) is 5.92 Å². The van der Waals surface area contributed by atoms with Crippen LogP contribution in [-0.4, -0.2) is 16.8 Å². The highest BCUT2D eigenvalue weighted by atomic mass is 16.3. The molecule has 3 aromatic rings. The van der Waals surface area contributed by atoms with Gasteiger partial charge in [0.2, 0.25) is 0 Å². The summed E-state index contributed by atoms with van der Waals surface area (Å²) < 4.78 is 5.81. The molecule has 0 bridgehead atoms. The lowest BCUT2D eigenvalue weighted by Crippen LogP contribution is -2.31. The summed E-state index contributed by atoms with van der Waals surface area (Å²) in [5, 5.41) is 24.7. The molecule has 5 nitrogen and oxygen atoms in total. The highest BCUT2D eigenvalue weighted by Gasteiger charge is 2.27. The van der Waals surface area contributed by atoms with E-state index in [4.69, 9.17) is 4.42 Å². The van der Waals surface area contributed by atoms with E-state index in [1.807, 2.05) is 30.3 Å². The van der Waals surface area contributed by atoms with E-state index in [0.29, 0.717) is 17.2 Å². The summed E-state index contributed by atoms with van der Waals surface area (Å²) in [5.41, 5.74) is 0.993. The maximum absolute atomic E-state index is 12.7. The summed E-state index contributed by atoms with van der Waals surface area (Å²) in [6, 6.07) is 11.9. The second-order valence-electron chi connectivity index (χ2n) is 7.01. The van der Waals surface area contributed by atoms with Crippen LogP contribution in [0.3, 0.4) is 0 Å². The predicted molar refractivity (Wildman–Crippen MR) is 100 cm³/mol. The maximum Gasteiger partial charge on any atom is 0.197 e. The van der Waals surface area contributed by atoms with Crippen LogP contribution in [-0.2, 0) is 0 Å². The lowest BCUT2D eigenvalue weighted by molar-refractivity contribution is 0.310. The van der Waals surface area contributed by atoms with E-state index in [1.54, 1.807) is 0 Å². The number of benzene rings is 2. The highest BCUT2D eigenvalue weighted by Crippen LogP contribution is 2.42. The molecule has 0 spiro atoms. The SMILES string of the molecule is C[C@H]1CCN[C@H](c2c(O)cc3oc(-c4ccccc4)cc(=O)c3c2O)C1. The fourth-order valence-electron chi connectivity index (χ4n) is 3.72. The fourth-order valence-corrected chi connectivity index (χ4v) is 3.72. The molecule has 0 amide bonds. The van der Waals surface area contributed by atoms with Crippen molar-refractivity contribution in [2.45, 2.75) is 25.8 Å². The summed E-state index contributed by atoms with van der Waals surface area (Å²) in [5.74, 6) is 0.626. The van der Waals surface area contributed by atoms with Crippen molar-refractivity contribution in [1.29, 1.82) is 0 Å². The Morgan fingerprint density at radius 1 is 1.15 bits per heavy atom. The molecule has 1 aromatic heterocycles. The Morgan fingerprint density at radius 2 is 1.92 bits per heavy atom. The quantitative estimate of drug-likeness (QED) is 0.651. The van der Waals surface area contributed by atoms with Crippen LogP contribution >= 0.6 is 0 Å². The predicted octanol–water partition coefficient (Wildman–Crippen LogP) is 3.93. The monoisotopic (exact) mass is 351 g/mol. The van der Waals surface area contributed by atoms with Gasteiger partial charge in [-0.2, -0.15) is 0 Å². The van der Waals surface area contributed by atoms with Crippen LogP contribution in [0.15, 0.2) is 51.7 Å². The summed E-state index contributed by atoms with van der Waals surface area (Å²) in [6.45, 7) is 2.95. The Hall–Kier alpha value is -2.79. The third-order valence-corrected chi connectivity index (χ3v) is 5.08. The molecule has 2 atom stereocenters. The van der Waals surface area contributed by atoms with Crippen molar-refractivity contribution in [3.8, 4) is 22.8 Å². The molecule has 26 heavy (non-hydrogen) atoms. The molecule has 4 rings (SSSR count). The van der Waals surface area contributed by atoms with E-state index in [9.17, 15) is 15.0 Å². The zero-order chi connectivity index (χ0) is 18.3. The average Bonchev–Trinajstić information content (AvgIpc) is 2.62. The van der Waals surface area contributed by atoms with Crippen LogP contribution in [0.1, 0.15) is 31.4 Å². The first kappa shape index (κ1) is 16.7.